The predicted molar refractivity (Wildman–Crippen MR) is 93.1 cm³/mol. The summed E-state index contributed by atoms with van der Waals surface area (Å²) in [6.45, 7) is 9.44. The van der Waals surface area contributed by atoms with E-state index < -0.39 is 0 Å². The summed E-state index contributed by atoms with van der Waals surface area (Å²) >= 11 is 0. The van der Waals surface area contributed by atoms with Gasteiger partial charge in [-0.15, -0.1) is 0 Å². The van der Waals surface area contributed by atoms with Crippen LogP contribution < -0.4 is 15.5 Å². The van der Waals surface area contributed by atoms with Crippen LogP contribution in [0.15, 0.2) is 40.3 Å². The zero-order valence-electron chi connectivity index (χ0n) is 13.4. The Bertz CT molecular complexity index is 857. The molecule has 118 valence electrons. The number of H-pyrrole nitrogens is 1. The molecule has 0 bridgehead atoms. The van der Waals surface area contributed by atoms with Gasteiger partial charge in [-0.05, 0) is 31.5 Å². The van der Waals surface area contributed by atoms with Crippen molar-refractivity contribution in [1.82, 2.24) is 14.8 Å². The molecule has 6 nitrogen and oxygen atoms in total. The highest BCUT2D eigenvalue weighted by Crippen LogP contribution is 2.26. The minimum absolute atomic E-state index is 0.206. The van der Waals surface area contributed by atoms with Crippen LogP contribution in [0.25, 0.3) is 11.1 Å². The van der Waals surface area contributed by atoms with Gasteiger partial charge in [-0.25, -0.2) is 0 Å². The summed E-state index contributed by atoms with van der Waals surface area (Å²) in [7, 11) is 0. The number of hydrogen-bond acceptors (Lipinski definition) is 4. The lowest BCUT2D eigenvalue weighted by atomic mass is 10.1. The molecule has 2 aromatic rings. The zero-order valence-corrected chi connectivity index (χ0v) is 13.4. The maximum atomic E-state index is 12.0. The molecule has 0 amide bonds. The van der Waals surface area contributed by atoms with E-state index in [1.54, 1.807) is 12.3 Å². The third-order valence-electron chi connectivity index (χ3n) is 3.27. The van der Waals surface area contributed by atoms with E-state index in [0.29, 0.717) is 18.0 Å². The van der Waals surface area contributed by atoms with Crippen molar-refractivity contribution in [2.24, 2.45) is 0 Å². The molecule has 2 rings (SSSR count). The lowest BCUT2D eigenvalue weighted by Crippen LogP contribution is -2.20. The smallest absolute Gasteiger partial charge is 0.335 e. The number of aromatic amines is 1. The second-order valence-corrected chi connectivity index (χ2v) is 4.95. The average molecular weight is 311 g/mol. The summed E-state index contributed by atoms with van der Waals surface area (Å²) in [5.74, 6) is 3.20. The molecule has 2 heterocycles. The number of aryl methyl sites for hydroxylation is 2. The van der Waals surface area contributed by atoms with Gasteiger partial charge in [0.15, 0.2) is 0 Å². The van der Waals surface area contributed by atoms with Crippen molar-refractivity contribution >= 4 is 17.3 Å². The Morgan fingerprint density at radius 2 is 2.35 bits per heavy atom. The number of hydrogen-bond donors (Lipinski definition) is 2. The van der Waals surface area contributed by atoms with Crippen molar-refractivity contribution in [3.8, 4) is 11.1 Å². The molecule has 0 unspecified atom stereocenters. The molecule has 2 aromatic heterocycles. The number of allylic oxidation sites excluding steroid dienone is 1. The first-order valence-electron chi connectivity index (χ1n) is 7.18. The Balaban J connectivity index is 2.34. The molecular formula is C17H19N4O2+. The van der Waals surface area contributed by atoms with E-state index >= 15 is 0 Å². The predicted octanol–water partition coefficient (Wildman–Crippen LogP) is 2.00. The van der Waals surface area contributed by atoms with Crippen molar-refractivity contribution in [2.45, 2.75) is 20.8 Å². The maximum Gasteiger partial charge on any atom is 0.335 e. The summed E-state index contributed by atoms with van der Waals surface area (Å²) in [6.07, 6.45) is 5.35. The SMILES string of the molecule is C=C=[N+]=C(/C=C\C)CNc1cc(-c2c(C)noc2C)c[nH]c1=O. The van der Waals surface area contributed by atoms with Crippen molar-refractivity contribution < 1.29 is 4.52 Å². The fourth-order valence-corrected chi connectivity index (χ4v) is 2.27. The van der Waals surface area contributed by atoms with E-state index in [2.05, 4.69) is 32.6 Å². The normalized spacial score (nSPS) is 10.4. The topological polar surface area (TPSA) is 85.0 Å². The first-order chi connectivity index (χ1) is 11.1. The van der Waals surface area contributed by atoms with Gasteiger partial charge in [-0.2, -0.15) is 0 Å². The molecule has 0 fully saturated rings. The van der Waals surface area contributed by atoms with Crippen LogP contribution >= 0.6 is 0 Å². The number of nitrogens with one attached hydrogen (secondary N) is 2. The lowest BCUT2D eigenvalue weighted by Gasteiger charge is -2.05. The Hall–Kier alpha value is -3.07. The minimum atomic E-state index is -0.206. The zero-order chi connectivity index (χ0) is 16.8. The van der Waals surface area contributed by atoms with Crippen LogP contribution in [-0.4, -0.2) is 28.3 Å². The number of nitrogens with zero attached hydrogens (tertiary/aromatic N) is 2. The number of aromatic nitrogens is 2. The van der Waals surface area contributed by atoms with Gasteiger partial charge in [-0.3, -0.25) is 4.79 Å². The fourth-order valence-electron chi connectivity index (χ4n) is 2.27. The molecule has 0 saturated heterocycles. The minimum Gasteiger partial charge on any atom is -0.370 e. The molecular weight excluding hydrogens is 292 g/mol. The lowest BCUT2D eigenvalue weighted by molar-refractivity contribution is 0.393. The first-order valence-corrected chi connectivity index (χ1v) is 7.18. The quantitative estimate of drug-likeness (QED) is 0.653. The molecule has 0 aliphatic rings. The molecule has 6 heteroatoms. The van der Waals surface area contributed by atoms with Gasteiger partial charge in [0, 0.05) is 30.0 Å². The highest BCUT2D eigenvalue weighted by molar-refractivity contribution is 5.98. The summed E-state index contributed by atoms with van der Waals surface area (Å²) < 4.78 is 9.20. The molecule has 0 spiro atoms. The van der Waals surface area contributed by atoms with Gasteiger partial charge in [-0.1, -0.05) is 11.2 Å². The Kier molecular flexibility index (Phi) is 5.15. The van der Waals surface area contributed by atoms with E-state index in [1.165, 1.54) is 0 Å². The molecule has 0 aliphatic heterocycles. The molecule has 0 aromatic carbocycles. The van der Waals surface area contributed by atoms with Crippen LogP contribution in [0.5, 0.6) is 0 Å². The molecule has 0 aliphatic carbocycles. The van der Waals surface area contributed by atoms with Crippen LogP contribution in [0.2, 0.25) is 0 Å². The Morgan fingerprint density at radius 1 is 1.57 bits per heavy atom. The van der Waals surface area contributed by atoms with Crippen LogP contribution in [0, 0.1) is 13.8 Å². The van der Waals surface area contributed by atoms with Crippen molar-refractivity contribution in [3.05, 3.63) is 52.8 Å². The maximum absolute atomic E-state index is 12.0. The number of rotatable bonds is 5. The number of pyridine rings is 1. The number of anilines is 1. The first kappa shape index (κ1) is 16.3. The van der Waals surface area contributed by atoms with Crippen LogP contribution in [0.1, 0.15) is 18.4 Å². The van der Waals surface area contributed by atoms with Gasteiger partial charge in [0.1, 0.15) is 18.0 Å². The summed E-state index contributed by atoms with van der Waals surface area (Å²) in [4.78, 5) is 14.7. The second kappa shape index (κ2) is 7.27. The summed E-state index contributed by atoms with van der Waals surface area (Å²) in [5.41, 5.74) is 3.46. The Labute approximate surface area is 134 Å². The third kappa shape index (κ3) is 3.77. The van der Waals surface area contributed by atoms with Crippen molar-refractivity contribution in [3.63, 3.8) is 0 Å². The van der Waals surface area contributed by atoms with E-state index in [4.69, 9.17) is 4.52 Å². The summed E-state index contributed by atoms with van der Waals surface area (Å²) in [6, 6.07) is 1.77. The standard InChI is InChI=1S/C17H18N4O2/c1-5-7-14(18-6-2)10-19-15-8-13(9-20-17(15)22)16-11(3)21-23-12(16)4/h5,7-9,19H,2,10H2,1,3-4H3/p+1/b7-5-. The highest BCUT2D eigenvalue weighted by Gasteiger charge is 2.14. The third-order valence-corrected chi connectivity index (χ3v) is 3.27. The van der Waals surface area contributed by atoms with E-state index in [9.17, 15) is 4.79 Å². The average Bonchev–Trinajstić information content (AvgIpc) is 2.86. The molecule has 0 saturated carbocycles. The molecule has 0 atom stereocenters. The Morgan fingerprint density at radius 3 is 2.96 bits per heavy atom. The summed E-state index contributed by atoms with van der Waals surface area (Å²) in [5, 5.41) is 7.02. The largest absolute Gasteiger partial charge is 0.370 e. The molecule has 23 heavy (non-hydrogen) atoms. The van der Waals surface area contributed by atoms with Gasteiger partial charge >= 0.3 is 11.6 Å². The van der Waals surface area contributed by atoms with Crippen LogP contribution in [0.3, 0.4) is 0 Å². The fraction of sp³-hybridized carbons (Fsp3) is 0.235. The van der Waals surface area contributed by atoms with Gasteiger partial charge in [0.25, 0.3) is 5.56 Å². The van der Waals surface area contributed by atoms with Crippen LogP contribution in [0.4, 0.5) is 5.69 Å². The highest BCUT2D eigenvalue weighted by atomic mass is 16.5. The van der Waals surface area contributed by atoms with Gasteiger partial charge in [0.2, 0.25) is 0 Å². The van der Waals surface area contributed by atoms with E-state index in [-0.39, 0.29) is 5.56 Å². The molecule has 0 radical (unpaired) electrons. The second-order valence-electron chi connectivity index (χ2n) is 4.95. The van der Waals surface area contributed by atoms with E-state index in [0.717, 1.165) is 22.5 Å². The molecule has 2 N–H and O–H groups in total. The van der Waals surface area contributed by atoms with E-state index in [1.807, 2.05) is 32.9 Å². The van der Waals surface area contributed by atoms with Crippen molar-refractivity contribution in [2.75, 3.05) is 11.9 Å². The van der Waals surface area contributed by atoms with Gasteiger partial charge in [0.05, 0.1) is 5.69 Å². The monoisotopic (exact) mass is 311 g/mol. The van der Waals surface area contributed by atoms with Crippen LogP contribution in [-0.2, 0) is 0 Å². The van der Waals surface area contributed by atoms with Gasteiger partial charge < -0.3 is 14.8 Å². The van der Waals surface area contributed by atoms with Crippen molar-refractivity contribution in [1.29, 1.82) is 0 Å².